The van der Waals surface area contributed by atoms with Crippen LogP contribution in [0.1, 0.15) is 24.8 Å². The smallest absolute Gasteiger partial charge is 0.242 e. The summed E-state index contributed by atoms with van der Waals surface area (Å²) >= 11 is 1.38. The second-order valence-electron chi connectivity index (χ2n) is 3.77. The summed E-state index contributed by atoms with van der Waals surface area (Å²) in [5.74, 6) is -0.0290. The molecule has 1 atom stereocenters. The van der Waals surface area contributed by atoms with Gasteiger partial charge in [-0.1, -0.05) is 6.42 Å². The number of thiophene rings is 1. The third-order valence-corrected chi connectivity index (χ3v) is 3.48. The monoisotopic (exact) mass is 235 g/mol. The van der Waals surface area contributed by atoms with Crippen LogP contribution in [0.25, 0.3) is 0 Å². The molecule has 0 aromatic carbocycles. The van der Waals surface area contributed by atoms with Crippen molar-refractivity contribution >= 4 is 22.2 Å². The Morgan fingerprint density at radius 3 is 3.19 bits per heavy atom. The molecule has 1 aliphatic rings. The second kappa shape index (κ2) is 5.10. The molecule has 2 heterocycles. The van der Waals surface area contributed by atoms with E-state index < -0.39 is 0 Å². The molecule has 0 saturated carbocycles. The summed E-state index contributed by atoms with van der Waals surface area (Å²) in [4.78, 5) is 11.9. The molecular weight excluding hydrogens is 222 g/mol. The second-order valence-corrected chi connectivity index (χ2v) is 4.68. The van der Waals surface area contributed by atoms with E-state index in [0.717, 1.165) is 25.8 Å². The van der Waals surface area contributed by atoms with E-state index in [1.165, 1.54) is 11.3 Å². The van der Waals surface area contributed by atoms with Crippen LogP contribution in [0.5, 0.6) is 0 Å². The highest BCUT2D eigenvalue weighted by Gasteiger charge is 2.21. The van der Waals surface area contributed by atoms with E-state index >= 15 is 0 Å². The van der Waals surface area contributed by atoms with Crippen LogP contribution < -0.4 is 10.6 Å². The van der Waals surface area contributed by atoms with Gasteiger partial charge in [-0.25, -0.2) is 0 Å². The highest BCUT2D eigenvalue weighted by molar-refractivity contribution is 7.14. The van der Waals surface area contributed by atoms with Gasteiger partial charge in [-0.3, -0.25) is 4.79 Å². The van der Waals surface area contributed by atoms with Crippen molar-refractivity contribution in [3.63, 3.8) is 0 Å². The summed E-state index contributed by atoms with van der Waals surface area (Å²) in [7, 11) is 0. The number of nitriles is 1. The molecule has 2 N–H and O–H groups in total. The molecule has 0 bridgehead atoms. The minimum Gasteiger partial charge on any atom is -0.315 e. The minimum absolute atomic E-state index is 0.0290. The number of nitrogens with zero attached hydrogens (tertiary/aromatic N) is 1. The standard InChI is InChI=1S/C11H13N3OS/c12-7-8-4-6-16-11(8)14-10(15)9-3-1-2-5-13-9/h4,6,9,13H,1-3,5H2,(H,14,15)/t9-/m0/s1. The summed E-state index contributed by atoms with van der Waals surface area (Å²) in [6, 6.07) is 3.67. The van der Waals surface area contributed by atoms with Crippen LogP contribution in [0.15, 0.2) is 11.4 Å². The number of rotatable bonds is 2. The lowest BCUT2D eigenvalue weighted by molar-refractivity contribution is -0.118. The van der Waals surface area contributed by atoms with Crippen molar-refractivity contribution in [2.45, 2.75) is 25.3 Å². The van der Waals surface area contributed by atoms with Gasteiger partial charge in [-0.2, -0.15) is 5.26 Å². The van der Waals surface area contributed by atoms with E-state index in [9.17, 15) is 4.79 Å². The fraction of sp³-hybridized carbons (Fsp3) is 0.455. The van der Waals surface area contributed by atoms with Gasteiger partial charge >= 0.3 is 0 Å². The molecule has 1 amide bonds. The molecule has 4 nitrogen and oxygen atoms in total. The van der Waals surface area contributed by atoms with E-state index in [-0.39, 0.29) is 11.9 Å². The van der Waals surface area contributed by atoms with E-state index in [1.807, 2.05) is 5.38 Å². The van der Waals surface area contributed by atoms with E-state index in [2.05, 4.69) is 16.7 Å². The van der Waals surface area contributed by atoms with Gasteiger partial charge in [0.25, 0.3) is 0 Å². The first-order valence-corrected chi connectivity index (χ1v) is 6.21. The van der Waals surface area contributed by atoms with Crippen LogP contribution in [-0.2, 0) is 4.79 Å². The Hall–Kier alpha value is -1.38. The first kappa shape index (κ1) is 11.1. The Morgan fingerprint density at radius 2 is 2.50 bits per heavy atom. The molecule has 1 aliphatic heterocycles. The molecule has 1 saturated heterocycles. The summed E-state index contributed by atoms with van der Waals surface area (Å²) in [5, 5.41) is 17.3. The molecule has 0 aliphatic carbocycles. The number of nitrogens with one attached hydrogen (secondary N) is 2. The van der Waals surface area contributed by atoms with Crippen LogP contribution in [-0.4, -0.2) is 18.5 Å². The summed E-state index contributed by atoms with van der Waals surface area (Å²) in [5.41, 5.74) is 0.536. The average molecular weight is 235 g/mol. The topological polar surface area (TPSA) is 64.9 Å². The third-order valence-electron chi connectivity index (χ3n) is 2.65. The third kappa shape index (κ3) is 2.40. The van der Waals surface area contributed by atoms with E-state index in [4.69, 9.17) is 5.26 Å². The zero-order valence-corrected chi connectivity index (χ0v) is 9.64. The molecule has 16 heavy (non-hydrogen) atoms. The average Bonchev–Trinajstić information content (AvgIpc) is 2.77. The van der Waals surface area contributed by atoms with Gasteiger partial charge in [0, 0.05) is 0 Å². The molecule has 2 rings (SSSR count). The molecule has 1 aromatic rings. The lowest BCUT2D eigenvalue weighted by Crippen LogP contribution is -2.43. The number of anilines is 1. The number of hydrogen-bond acceptors (Lipinski definition) is 4. The van der Waals surface area contributed by atoms with Crippen molar-refractivity contribution in [3.8, 4) is 6.07 Å². The highest BCUT2D eigenvalue weighted by Crippen LogP contribution is 2.22. The maximum atomic E-state index is 11.9. The summed E-state index contributed by atoms with van der Waals surface area (Å²) in [6.45, 7) is 0.896. The molecular formula is C11H13N3OS. The number of carbonyl (C=O) groups is 1. The number of hydrogen-bond donors (Lipinski definition) is 2. The van der Waals surface area contributed by atoms with Crippen molar-refractivity contribution in [1.29, 1.82) is 5.26 Å². The van der Waals surface area contributed by atoms with Crippen molar-refractivity contribution in [1.82, 2.24) is 5.32 Å². The largest absolute Gasteiger partial charge is 0.315 e. The van der Waals surface area contributed by atoms with Crippen LogP contribution in [0.3, 0.4) is 0 Å². The van der Waals surface area contributed by atoms with Crippen molar-refractivity contribution in [2.24, 2.45) is 0 Å². The molecule has 84 valence electrons. The maximum Gasteiger partial charge on any atom is 0.242 e. The minimum atomic E-state index is -0.109. The van der Waals surface area contributed by atoms with Gasteiger partial charge in [-0.05, 0) is 30.8 Å². The van der Waals surface area contributed by atoms with Gasteiger partial charge in [0.1, 0.15) is 11.1 Å². The molecule has 1 fully saturated rings. The fourth-order valence-corrected chi connectivity index (χ4v) is 2.51. The lowest BCUT2D eigenvalue weighted by atomic mass is 10.0. The van der Waals surface area contributed by atoms with Gasteiger partial charge < -0.3 is 10.6 Å². The normalized spacial score (nSPS) is 20.1. The fourth-order valence-electron chi connectivity index (χ4n) is 1.77. The van der Waals surface area contributed by atoms with Gasteiger partial charge in [-0.15, -0.1) is 11.3 Å². The molecule has 0 spiro atoms. The maximum absolute atomic E-state index is 11.9. The molecule has 5 heteroatoms. The van der Waals surface area contributed by atoms with Gasteiger partial charge in [0.05, 0.1) is 11.6 Å². The van der Waals surface area contributed by atoms with Crippen LogP contribution in [0.4, 0.5) is 5.00 Å². The van der Waals surface area contributed by atoms with Gasteiger partial charge in [0.2, 0.25) is 5.91 Å². The van der Waals surface area contributed by atoms with Crippen molar-refractivity contribution < 1.29 is 4.79 Å². The highest BCUT2D eigenvalue weighted by atomic mass is 32.1. The number of piperidine rings is 1. The Balaban J connectivity index is 1.99. The van der Waals surface area contributed by atoms with Crippen LogP contribution in [0, 0.1) is 11.3 Å². The predicted octanol–water partition coefficient (Wildman–Crippen LogP) is 1.70. The zero-order chi connectivity index (χ0) is 11.4. The van der Waals surface area contributed by atoms with Gasteiger partial charge in [0.15, 0.2) is 0 Å². The van der Waals surface area contributed by atoms with Crippen LogP contribution >= 0.6 is 11.3 Å². The first-order valence-electron chi connectivity index (χ1n) is 5.33. The zero-order valence-electron chi connectivity index (χ0n) is 8.82. The number of carbonyl (C=O) groups excluding carboxylic acids is 1. The van der Waals surface area contributed by atoms with Crippen LogP contribution in [0.2, 0.25) is 0 Å². The SMILES string of the molecule is N#Cc1ccsc1NC(=O)[C@@H]1CCCCN1. The van der Waals surface area contributed by atoms with Crippen molar-refractivity contribution in [2.75, 3.05) is 11.9 Å². The quantitative estimate of drug-likeness (QED) is 0.820. The predicted molar refractivity (Wildman–Crippen MR) is 63.3 cm³/mol. The molecule has 0 radical (unpaired) electrons. The Kier molecular flexibility index (Phi) is 3.54. The first-order chi connectivity index (χ1) is 7.81. The molecule has 0 unspecified atom stereocenters. The summed E-state index contributed by atoms with van der Waals surface area (Å²) in [6.07, 6.45) is 3.09. The van der Waals surface area contributed by atoms with E-state index in [0.29, 0.717) is 10.6 Å². The Bertz CT molecular complexity index is 415. The number of amides is 1. The Labute approximate surface area is 98.3 Å². The van der Waals surface area contributed by atoms with E-state index in [1.54, 1.807) is 6.07 Å². The van der Waals surface area contributed by atoms with Crippen molar-refractivity contribution in [3.05, 3.63) is 17.0 Å². The summed E-state index contributed by atoms with van der Waals surface area (Å²) < 4.78 is 0. The lowest BCUT2D eigenvalue weighted by Gasteiger charge is -2.22. The Morgan fingerprint density at radius 1 is 1.62 bits per heavy atom. The molecule has 1 aromatic heterocycles.